The zero-order valence-electron chi connectivity index (χ0n) is 9.41. The zero-order valence-corrected chi connectivity index (χ0v) is 11.7. The number of hydrogen-bond donors (Lipinski definition) is 1. The van der Waals surface area contributed by atoms with Crippen LogP contribution in [0.1, 0.15) is 17.3 Å². The molecule has 2 aromatic heterocycles. The van der Waals surface area contributed by atoms with E-state index in [1.54, 1.807) is 25.1 Å². The highest BCUT2D eigenvalue weighted by Gasteiger charge is 2.22. The molecule has 18 heavy (non-hydrogen) atoms. The quantitative estimate of drug-likeness (QED) is 0.694. The van der Waals surface area contributed by atoms with Gasteiger partial charge in [-0.05, 0) is 35.0 Å². The van der Waals surface area contributed by atoms with E-state index in [2.05, 4.69) is 31.1 Å². The van der Waals surface area contributed by atoms with Crippen LogP contribution in [0.25, 0.3) is 11.4 Å². The molecule has 0 spiro atoms. The third-order valence-electron chi connectivity index (χ3n) is 2.16. The average Bonchev–Trinajstić information content (AvgIpc) is 2.71. The molecule has 0 radical (unpaired) electrons. The van der Waals surface area contributed by atoms with Gasteiger partial charge in [-0.15, -0.1) is 0 Å². The molecule has 0 aliphatic heterocycles. The summed E-state index contributed by atoms with van der Waals surface area (Å²) in [6, 6.07) is 5.31. The molecule has 7 heteroatoms. The summed E-state index contributed by atoms with van der Waals surface area (Å²) in [5.41, 5.74) is 1.11. The number of ether oxygens (including phenoxy) is 1. The number of aromatic nitrogens is 3. The molecule has 0 atom stereocenters. The van der Waals surface area contributed by atoms with E-state index in [1.165, 1.54) is 0 Å². The third kappa shape index (κ3) is 2.54. The lowest BCUT2D eigenvalue weighted by atomic mass is 10.2. The zero-order chi connectivity index (χ0) is 13.1. The number of carbonyl (C=O) groups is 1. The molecule has 0 aliphatic carbocycles. The SMILES string of the molecule is CCOC(=O)c1c(-c2cccc(Br)n2)n[nH]c1Cl. The highest BCUT2D eigenvalue weighted by Crippen LogP contribution is 2.26. The van der Waals surface area contributed by atoms with Gasteiger partial charge < -0.3 is 4.74 Å². The largest absolute Gasteiger partial charge is 0.462 e. The number of halogens is 2. The summed E-state index contributed by atoms with van der Waals surface area (Å²) in [4.78, 5) is 16.0. The van der Waals surface area contributed by atoms with Gasteiger partial charge in [0.15, 0.2) is 0 Å². The van der Waals surface area contributed by atoms with E-state index in [1.807, 2.05) is 0 Å². The van der Waals surface area contributed by atoms with Crippen molar-refractivity contribution in [1.29, 1.82) is 0 Å². The van der Waals surface area contributed by atoms with Crippen LogP contribution in [0, 0.1) is 0 Å². The summed E-state index contributed by atoms with van der Waals surface area (Å²) in [6.07, 6.45) is 0. The molecule has 0 saturated carbocycles. The summed E-state index contributed by atoms with van der Waals surface area (Å²) in [6.45, 7) is 1.99. The van der Waals surface area contributed by atoms with Crippen molar-refractivity contribution in [2.45, 2.75) is 6.92 Å². The fraction of sp³-hybridized carbons (Fsp3) is 0.182. The second kappa shape index (κ2) is 5.49. The van der Waals surface area contributed by atoms with Gasteiger partial charge in [-0.3, -0.25) is 5.10 Å². The van der Waals surface area contributed by atoms with Crippen LogP contribution < -0.4 is 0 Å². The van der Waals surface area contributed by atoms with Crippen molar-refractivity contribution in [3.63, 3.8) is 0 Å². The van der Waals surface area contributed by atoms with Crippen LogP contribution in [0.4, 0.5) is 0 Å². The lowest BCUT2D eigenvalue weighted by molar-refractivity contribution is 0.0527. The van der Waals surface area contributed by atoms with Crippen LogP contribution in [0.15, 0.2) is 22.8 Å². The highest BCUT2D eigenvalue weighted by atomic mass is 79.9. The van der Waals surface area contributed by atoms with E-state index in [9.17, 15) is 4.79 Å². The van der Waals surface area contributed by atoms with E-state index in [0.717, 1.165) is 0 Å². The van der Waals surface area contributed by atoms with Gasteiger partial charge in [-0.2, -0.15) is 5.10 Å². The number of nitrogens with zero attached hydrogens (tertiary/aromatic N) is 2. The van der Waals surface area contributed by atoms with Gasteiger partial charge in [-0.1, -0.05) is 17.7 Å². The standard InChI is InChI=1S/C11H9BrClN3O2/c1-2-18-11(17)8-9(15-16-10(8)13)6-4-3-5-7(12)14-6/h3-5H,2H2,1H3,(H,15,16). The maximum absolute atomic E-state index is 11.8. The molecule has 0 saturated heterocycles. The van der Waals surface area contributed by atoms with Crippen molar-refractivity contribution in [3.05, 3.63) is 33.5 Å². The van der Waals surface area contributed by atoms with Gasteiger partial charge in [0.25, 0.3) is 0 Å². The Labute approximate surface area is 117 Å². The number of aromatic amines is 1. The van der Waals surface area contributed by atoms with Crippen LogP contribution in [-0.4, -0.2) is 27.8 Å². The van der Waals surface area contributed by atoms with E-state index < -0.39 is 5.97 Å². The number of esters is 1. The van der Waals surface area contributed by atoms with Crippen LogP contribution in [0.2, 0.25) is 5.15 Å². The molecule has 2 aromatic rings. The van der Waals surface area contributed by atoms with Crippen molar-refractivity contribution in [1.82, 2.24) is 15.2 Å². The molecule has 0 unspecified atom stereocenters. The molecule has 2 rings (SSSR count). The Morgan fingerprint density at radius 1 is 1.56 bits per heavy atom. The maximum Gasteiger partial charge on any atom is 0.343 e. The van der Waals surface area contributed by atoms with Crippen molar-refractivity contribution >= 4 is 33.5 Å². The minimum atomic E-state index is -0.520. The first-order valence-electron chi connectivity index (χ1n) is 5.17. The lowest BCUT2D eigenvalue weighted by Gasteiger charge is -2.02. The second-order valence-electron chi connectivity index (χ2n) is 3.33. The molecular formula is C11H9BrClN3O2. The Balaban J connectivity index is 2.49. The molecule has 0 aromatic carbocycles. The minimum absolute atomic E-state index is 0.144. The van der Waals surface area contributed by atoms with E-state index in [0.29, 0.717) is 16.0 Å². The molecule has 0 fully saturated rings. The smallest absolute Gasteiger partial charge is 0.343 e. The number of hydrogen-bond acceptors (Lipinski definition) is 4. The van der Waals surface area contributed by atoms with Gasteiger partial charge in [0, 0.05) is 0 Å². The molecule has 94 valence electrons. The van der Waals surface area contributed by atoms with Crippen molar-refractivity contribution in [3.8, 4) is 11.4 Å². The Morgan fingerprint density at radius 2 is 2.33 bits per heavy atom. The summed E-state index contributed by atoms with van der Waals surface area (Å²) in [5, 5.41) is 6.69. The van der Waals surface area contributed by atoms with E-state index in [-0.39, 0.29) is 17.3 Å². The Hall–Kier alpha value is -1.40. The van der Waals surface area contributed by atoms with Crippen molar-refractivity contribution < 1.29 is 9.53 Å². The molecule has 5 nitrogen and oxygen atoms in total. The summed E-state index contributed by atoms with van der Waals surface area (Å²) in [7, 11) is 0. The number of carbonyl (C=O) groups excluding carboxylic acids is 1. The normalized spacial score (nSPS) is 10.4. The number of rotatable bonds is 3. The molecule has 2 heterocycles. The van der Waals surface area contributed by atoms with Gasteiger partial charge in [0.1, 0.15) is 21.0 Å². The monoisotopic (exact) mass is 329 g/mol. The number of pyridine rings is 1. The van der Waals surface area contributed by atoms with Gasteiger partial charge >= 0.3 is 5.97 Å². The third-order valence-corrected chi connectivity index (χ3v) is 2.87. The minimum Gasteiger partial charge on any atom is -0.462 e. The molecular weight excluding hydrogens is 321 g/mol. The van der Waals surface area contributed by atoms with Gasteiger partial charge in [0.2, 0.25) is 0 Å². The van der Waals surface area contributed by atoms with Gasteiger partial charge in [0.05, 0.1) is 12.3 Å². The van der Waals surface area contributed by atoms with Crippen LogP contribution in [0.5, 0.6) is 0 Å². The predicted octanol–water partition coefficient (Wildman–Crippen LogP) is 3.06. The van der Waals surface area contributed by atoms with Crippen LogP contribution in [-0.2, 0) is 4.74 Å². The van der Waals surface area contributed by atoms with E-state index in [4.69, 9.17) is 16.3 Å². The molecule has 0 amide bonds. The van der Waals surface area contributed by atoms with Crippen LogP contribution in [0.3, 0.4) is 0 Å². The summed E-state index contributed by atoms with van der Waals surface area (Å²) >= 11 is 9.17. The predicted molar refractivity (Wildman–Crippen MR) is 70.5 cm³/mol. The lowest BCUT2D eigenvalue weighted by Crippen LogP contribution is -2.06. The summed E-state index contributed by atoms with van der Waals surface area (Å²) < 4.78 is 5.58. The average molecular weight is 331 g/mol. The maximum atomic E-state index is 11.8. The number of nitrogens with one attached hydrogen (secondary N) is 1. The van der Waals surface area contributed by atoms with E-state index >= 15 is 0 Å². The highest BCUT2D eigenvalue weighted by molar-refractivity contribution is 9.10. The Morgan fingerprint density at radius 3 is 3.00 bits per heavy atom. The Bertz CT molecular complexity index is 585. The fourth-order valence-electron chi connectivity index (χ4n) is 1.44. The number of H-pyrrole nitrogens is 1. The molecule has 1 N–H and O–H groups in total. The topological polar surface area (TPSA) is 67.9 Å². The molecule has 0 bridgehead atoms. The second-order valence-corrected chi connectivity index (χ2v) is 4.52. The van der Waals surface area contributed by atoms with Crippen molar-refractivity contribution in [2.75, 3.05) is 6.61 Å². The summed E-state index contributed by atoms with van der Waals surface area (Å²) in [5.74, 6) is -0.520. The van der Waals surface area contributed by atoms with Crippen molar-refractivity contribution in [2.24, 2.45) is 0 Å². The Kier molecular flexibility index (Phi) is 3.98. The first kappa shape index (κ1) is 13.0. The molecule has 0 aliphatic rings. The first-order valence-corrected chi connectivity index (χ1v) is 6.34. The fourth-order valence-corrected chi connectivity index (χ4v) is 1.99. The first-order chi connectivity index (χ1) is 8.63. The van der Waals surface area contributed by atoms with Gasteiger partial charge in [-0.25, -0.2) is 9.78 Å². The van der Waals surface area contributed by atoms with Crippen LogP contribution >= 0.6 is 27.5 Å².